The maximum Gasteiger partial charge on any atom is 0.251 e. The summed E-state index contributed by atoms with van der Waals surface area (Å²) in [6.07, 6.45) is 7.45. The van der Waals surface area contributed by atoms with Crippen LogP contribution in [0.2, 0.25) is 0 Å². The lowest BCUT2D eigenvalue weighted by molar-refractivity contribution is -0.114. The van der Waals surface area contributed by atoms with Crippen LogP contribution in [0.3, 0.4) is 0 Å². The molecule has 1 spiro atoms. The molecule has 5 heteroatoms. The first-order valence-corrected chi connectivity index (χ1v) is 10.5. The van der Waals surface area contributed by atoms with Crippen molar-refractivity contribution in [2.24, 2.45) is 0 Å². The average molecular weight is 404 g/mol. The van der Waals surface area contributed by atoms with Crippen LogP contribution >= 0.6 is 0 Å². The van der Waals surface area contributed by atoms with Gasteiger partial charge in [0, 0.05) is 48.0 Å². The molecule has 0 radical (unpaired) electrons. The van der Waals surface area contributed by atoms with Crippen LogP contribution in [0.15, 0.2) is 60.8 Å². The number of nitrogens with one attached hydrogen (secondary N) is 1. The molecular weight excluding hydrogens is 377 g/mol. The summed E-state index contributed by atoms with van der Waals surface area (Å²) in [5, 5.41) is 1.27. The molecule has 1 saturated heterocycles. The van der Waals surface area contributed by atoms with Gasteiger partial charge in [-0.05, 0) is 62.1 Å². The van der Waals surface area contributed by atoms with Gasteiger partial charge in [0.05, 0.1) is 5.54 Å². The fourth-order valence-electron chi connectivity index (χ4n) is 5.13. The number of aromatic nitrogens is 1. The molecule has 1 amide bonds. The van der Waals surface area contributed by atoms with Gasteiger partial charge in [-0.3, -0.25) is 14.6 Å². The second kappa shape index (κ2) is 7.10. The number of likely N-dealkylation sites (tertiary alicyclic amines) is 1. The van der Waals surface area contributed by atoms with E-state index in [9.17, 15) is 9.18 Å². The topological polar surface area (TPSA) is 39.3 Å². The first-order chi connectivity index (χ1) is 14.4. The minimum absolute atomic E-state index is 0.0618. The highest BCUT2D eigenvalue weighted by atomic mass is 19.1. The minimum Gasteiger partial charge on any atom is -0.361 e. The maximum absolute atomic E-state index is 13.8. The lowest BCUT2D eigenvalue weighted by Crippen LogP contribution is -2.56. The number of H-pyrrole nitrogens is 1. The molecule has 30 heavy (non-hydrogen) atoms. The summed E-state index contributed by atoms with van der Waals surface area (Å²) in [6, 6.07) is 13.2. The number of halogens is 1. The Bertz CT molecular complexity index is 1150. The summed E-state index contributed by atoms with van der Waals surface area (Å²) in [6.45, 7) is 6.08. The van der Waals surface area contributed by atoms with E-state index in [2.05, 4.69) is 48.1 Å². The maximum atomic E-state index is 13.8. The van der Waals surface area contributed by atoms with E-state index in [0.29, 0.717) is 11.7 Å². The van der Waals surface area contributed by atoms with Crippen molar-refractivity contribution < 1.29 is 9.18 Å². The van der Waals surface area contributed by atoms with Crippen molar-refractivity contribution in [3.63, 3.8) is 0 Å². The second-order valence-electron chi connectivity index (χ2n) is 8.73. The molecule has 5 rings (SSSR count). The van der Waals surface area contributed by atoms with Crippen molar-refractivity contribution in [2.45, 2.75) is 44.8 Å². The Morgan fingerprint density at radius 2 is 2.10 bits per heavy atom. The molecule has 2 aliphatic rings. The van der Waals surface area contributed by atoms with Crippen molar-refractivity contribution >= 4 is 22.5 Å². The van der Waals surface area contributed by atoms with Crippen LogP contribution in [0.5, 0.6) is 0 Å². The molecule has 3 aromatic rings. The molecule has 0 bridgehead atoms. The molecule has 2 aliphatic heterocycles. The van der Waals surface area contributed by atoms with E-state index in [-0.39, 0.29) is 17.3 Å². The molecule has 0 aliphatic carbocycles. The number of anilines is 1. The van der Waals surface area contributed by atoms with Crippen LogP contribution in [0.4, 0.5) is 10.1 Å². The summed E-state index contributed by atoms with van der Waals surface area (Å²) < 4.78 is 13.8. The van der Waals surface area contributed by atoms with Crippen molar-refractivity contribution in [1.82, 2.24) is 9.88 Å². The molecule has 0 saturated carbocycles. The van der Waals surface area contributed by atoms with Crippen LogP contribution < -0.4 is 4.90 Å². The fraction of sp³-hybridized carbons (Fsp3) is 0.320. The van der Waals surface area contributed by atoms with Gasteiger partial charge in [-0.15, -0.1) is 0 Å². The van der Waals surface area contributed by atoms with Crippen molar-refractivity contribution in [2.75, 3.05) is 11.4 Å². The summed E-state index contributed by atoms with van der Waals surface area (Å²) in [7, 11) is 0. The molecule has 3 heterocycles. The number of amides is 1. The Hall–Kier alpha value is -2.92. The lowest BCUT2D eigenvalue weighted by Gasteiger charge is -2.47. The van der Waals surface area contributed by atoms with Gasteiger partial charge < -0.3 is 4.98 Å². The number of nitrogens with zero attached hydrogens (tertiary/aromatic N) is 2. The Kier molecular flexibility index (Phi) is 4.51. The van der Waals surface area contributed by atoms with Gasteiger partial charge in [0.1, 0.15) is 5.82 Å². The predicted octanol–water partition coefficient (Wildman–Crippen LogP) is 4.94. The molecule has 1 N–H and O–H groups in total. The number of hydrogen-bond donors (Lipinski definition) is 1. The number of fused-ring (bicyclic) bond motifs is 1. The molecular formula is C25H26FN3O. The third kappa shape index (κ3) is 3.14. The molecule has 2 atom stereocenters. The normalized spacial score (nSPS) is 24.4. The number of carbonyl (C=O) groups excluding carboxylic acids is 1. The smallest absolute Gasteiger partial charge is 0.251 e. The molecule has 0 unspecified atom stereocenters. The molecule has 2 aromatic carbocycles. The molecule has 154 valence electrons. The second-order valence-corrected chi connectivity index (χ2v) is 8.73. The summed E-state index contributed by atoms with van der Waals surface area (Å²) in [4.78, 5) is 20.3. The quantitative estimate of drug-likeness (QED) is 0.673. The number of carbonyl (C=O) groups is 1. The lowest BCUT2D eigenvalue weighted by atomic mass is 9.82. The van der Waals surface area contributed by atoms with E-state index in [0.717, 1.165) is 25.9 Å². The standard InChI is InChI=1S/C25H26FN3O/c1-17-6-7-22-19(15-27-23(22)12-17)16-28-11-10-25(14-18(28)2)9-8-24(30)29(25)21-5-3-4-20(26)13-21/h3-9,12-13,15,18,27H,10-11,14,16H2,1-2H3/t18-,25+/m1/s1. The average Bonchev–Trinajstić information content (AvgIpc) is 3.24. The van der Waals surface area contributed by atoms with Crippen molar-refractivity contribution in [3.8, 4) is 0 Å². The summed E-state index contributed by atoms with van der Waals surface area (Å²) >= 11 is 0. The van der Waals surface area contributed by atoms with Crippen LogP contribution in [-0.4, -0.2) is 33.9 Å². The van der Waals surface area contributed by atoms with Crippen molar-refractivity contribution in [3.05, 3.63) is 77.8 Å². The van der Waals surface area contributed by atoms with Gasteiger partial charge in [0.25, 0.3) is 5.91 Å². The fourth-order valence-corrected chi connectivity index (χ4v) is 5.13. The third-order valence-corrected chi connectivity index (χ3v) is 6.67. The van der Waals surface area contributed by atoms with Gasteiger partial charge in [0.2, 0.25) is 0 Å². The van der Waals surface area contributed by atoms with Crippen LogP contribution in [0.25, 0.3) is 10.9 Å². The molecule has 1 fully saturated rings. The monoisotopic (exact) mass is 403 g/mol. The highest BCUT2D eigenvalue weighted by Gasteiger charge is 2.46. The Labute approximate surface area is 176 Å². The third-order valence-electron chi connectivity index (χ3n) is 6.67. The Morgan fingerprint density at radius 3 is 2.90 bits per heavy atom. The first kappa shape index (κ1) is 19.1. The zero-order valence-electron chi connectivity index (χ0n) is 17.4. The molecule has 1 aromatic heterocycles. The highest BCUT2D eigenvalue weighted by molar-refractivity contribution is 6.06. The van der Waals surface area contributed by atoms with Crippen LogP contribution in [-0.2, 0) is 11.3 Å². The van der Waals surface area contributed by atoms with Gasteiger partial charge in [-0.2, -0.15) is 0 Å². The highest BCUT2D eigenvalue weighted by Crippen LogP contribution is 2.41. The van der Waals surface area contributed by atoms with Gasteiger partial charge in [-0.25, -0.2) is 4.39 Å². The summed E-state index contributed by atoms with van der Waals surface area (Å²) in [5.41, 5.74) is 3.98. The zero-order chi connectivity index (χ0) is 20.9. The van der Waals surface area contributed by atoms with E-state index in [4.69, 9.17) is 0 Å². The van der Waals surface area contributed by atoms with Crippen LogP contribution in [0.1, 0.15) is 30.9 Å². The number of piperidine rings is 1. The van der Waals surface area contributed by atoms with Crippen LogP contribution in [0, 0.1) is 12.7 Å². The number of aryl methyl sites for hydroxylation is 1. The van der Waals surface area contributed by atoms with E-state index >= 15 is 0 Å². The molecule has 4 nitrogen and oxygen atoms in total. The SMILES string of the molecule is Cc1ccc2c(CN3CC[C@@]4(C=CC(=O)N4c4cccc(F)c4)C[C@H]3C)c[nH]c2c1. The minimum atomic E-state index is -0.377. The zero-order valence-corrected chi connectivity index (χ0v) is 17.4. The number of aromatic amines is 1. The van der Waals surface area contributed by atoms with Gasteiger partial charge >= 0.3 is 0 Å². The van der Waals surface area contributed by atoms with E-state index in [1.165, 1.54) is 34.2 Å². The van der Waals surface area contributed by atoms with Crippen molar-refractivity contribution in [1.29, 1.82) is 0 Å². The first-order valence-electron chi connectivity index (χ1n) is 10.5. The van der Waals surface area contributed by atoms with E-state index in [1.54, 1.807) is 17.0 Å². The van der Waals surface area contributed by atoms with Gasteiger partial charge in [0.15, 0.2) is 0 Å². The number of rotatable bonds is 3. The number of benzene rings is 2. The Balaban J connectivity index is 1.38. The summed E-state index contributed by atoms with van der Waals surface area (Å²) in [5.74, 6) is -0.379. The van der Waals surface area contributed by atoms with Gasteiger partial charge in [-0.1, -0.05) is 24.3 Å². The Morgan fingerprint density at radius 1 is 1.23 bits per heavy atom. The van der Waals surface area contributed by atoms with E-state index in [1.807, 2.05) is 12.1 Å². The van der Waals surface area contributed by atoms with E-state index < -0.39 is 0 Å². The predicted molar refractivity (Wildman–Crippen MR) is 118 cm³/mol. The number of hydrogen-bond acceptors (Lipinski definition) is 2. The largest absolute Gasteiger partial charge is 0.361 e.